The zero-order chi connectivity index (χ0) is 14.1. The van der Waals surface area contributed by atoms with Crippen LogP contribution in [0, 0.1) is 11.3 Å². The fourth-order valence-electron chi connectivity index (χ4n) is 1.38. The minimum Gasteiger partial charge on any atom is -0.355 e. The standard InChI is InChI=1S/C13H14ClN3O2/c14-11-4-1-3-10(9-11)13(19)17-8-2-7-16-12(18)5-6-15/h1,3-4,9H,2,5,7-8H2,(H,16,18)(H,17,19). The van der Waals surface area contributed by atoms with Crippen molar-refractivity contribution >= 4 is 23.4 Å². The first-order valence-electron chi connectivity index (χ1n) is 5.81. The third kappa shape index (κ3) is 5.89. The number of hydrogen-bond donors (Lipinski definition) is 2. The van der Waals surface area contributed by atoms with Crippen LogP contribution in [0.25, 0.3) is 0 Å². The number of nitrogens with one attached hydrogen (secondary N) is 2. The molecule has 0 aliphatic rings. The van der Waals surface area contributed by atoms with Crippen LogP contribution in [0.2, 0.25) is 5.02 Å². The second-order valence-corrected chi connectivity index (χ2v) is 4.24. The SMILES string of the molecule is N#CCC(=O)NCCCNC(=O)c1cccc(Cl)c1. The number of nitrogens with zero attached hydrogens (tertiary/aromatic N) is 1. The Balaban J connectivity index is 2.21. The fourth-order valence-corrected chi connectivity index (χ4v) is 1.57. The van der Waals surface area contributed by atoms with Crippen LogP contribution in [-0.2, 0) is 4.79 Å². The number of benzene rings is 1. The summed E-state index contributed by atoms with van der Waals surface area (Å²) >= 11 is 5.78. The Hall–Kier alpha value is -2.06. The molecule has 0 saturated heterocycles. The van der Waals surface area contributed by atoms with Gasteiger partial charge in [-0.3, -0.25) is 9.59 Å². The van der Waals surface area contributed by atoms with Crippen molar-refractivity contribution in [2.75, 3.05) is 13.1 Å². The number of carbonyl (C=O) groups excluding carboxylic acids is 2. The van der Waals surface area contributed by atoms with Gasteiger partial charge in [0.15, 0.2) is 0 Å². The van der Waals surface area contributed by atoms with Crippen molar-refractivity contribution in [3.63, 3.8) is 0 Å². The van der Waals surface area contributed by atoms with E-state index in [9.17, 15) is 9.59 Å². The van der Waals surface area contributed by atoms with Crippen LogP contribution >= 0.6 is 11.6 Å². The molecule has 0 fully saturated rings. The van der Waals surface area contributed by atoms with Crippen molar-refractivity contribution in [1.82, 2.24) is 10.6 Å². The first-order chi connectivity index (χ1) is 9.13. The molecule has 6 heteroatoms. The quantitative estimate of drug-likeness (QED) is 0.774. The molecule has 0 aromatic heterocycles. The smallest absolute Gasteiger partial charge is 0.251 e. The molecule has 19 heavy (non-hydrogen) atoms. The van der Waals surface area contributed by atoms with Crippen molar-refractivity contribution in [2.24, 2.45) is 0 Å². The molecule has 0 unspecified atom stereocenters. The van der Waals surface area contributed by atoms with Gasteiger partial charge in [0, 0.05) is 23.7 Å². The van der Waals surface area contributed by atoms with Crippen molar-refractivity contribution in [1.29, 1.82) is 5.26 Å². The largest absolute Gasteiger partial charge is 0.355 e. The van der Waals surface area contributed by atoms with Crippen LogP contribution in [0.15, 0.2) is 24.3 Å². The maximum absolute atomic E-state index is 11.7. The average molecular weight is 280 g/mol. The van der Waals surface area contributed by atoms with Crippen LogP contribution in [0.1, 0.15) is 23.2 Å². The predicted octanol–water partition coefficient (Wildman–Crippen LogP) is 1.49. The minimum atomic E-state index is -0.302. The van der Waals surface area contributed by atoms with E-state index in [-0.39, 0.29) is 18.2 Å². The first kappa shape index (κ1) is 15.0. The van der Waals surface area contributed by atoms with Gasteiger partial charge in [-0.1, -0.05) is 17.7 Å². The summed E-state index contributed by atoms with van der Waals surface area (Å²) in [5, 5.41) is 14.1. The van der Waals surface area contributed by atoms with E-state index < -0.39 is 0 Å². The highest BCUT2D eigenvalue weighted by Gasteiger charge is 2.05. The molecule has 0 saturated carbocycles. The molecule has 1 aromatic carbocycles. The summed E-state index contributed by atoms with van der Waals surface area (Å²) in [6, 6.07) is 8.43. The number of nitriles is 1. The first-order valence-corrected chi connectivity index (χ1v) is 6.18. The summed E-state index contributed by atoms with van der Waals surface area (Å²) in [5.74, 6) is -0.505. The zero-order valence-electron chi connectivity index (χ0n) is 10.3. The molecule has 2 amide bonds. The van der Waals surface area contributed by atoms with Gasteiger partial charge in [0.1, 0.15) is 6.42 Å². The molecule has 0 aliphatic heterocycles. The van der Waals surface area contributed by atoms with E-state index in [2.05, 4.69) is 10.6 Å². The van der Waals surface area contributed by atoms with Crippen LogP contribution in [0.5, 0.6) is 0 Å². The van der Waals surface area contributed by atoms with Gasteiger partial charge in [-0.25, -0.2) is 0 Å². The van der Waals surface area contributed by atoms with Gasteiger partial charge >= 0.3 is 0 Å². The summed E-state index contributed by atoms with van der Waals surface area (Å²) in [6.07, 6.45) is 0.457. The lowest BCUT2D eigenvalue weighted by Crippen LogP contribution is -2.29. The molecule has 0 radical (unpaired) electrons. The lowest BCUT2D eigenvalue weighted by molar-refractivity contribution is -0.120. The van der Waals surface area contributed by atoms with E-state index in [4.69, 9.17) is 16.9 Å². The average Bonchev–Trinajstić information content (AvgIpc) is 2.38. The van der Waals surface area contributed by atoms with E-state index in [0.29, 0.717) is 30.1 Å². The monoisotopic (exact) mass is 279 g/mol. The third-order valence-corrected chi connectivity index (χ3v) is 2.52. The van der Waals surface area contributed by atoms with E-state index in [1.807, 2.05) is 0 Å². The molecule has 0 heterocycles. The molecular formula is C13H14ClN3O2. The Kier molecular flexibility index (Phi) is 6.41. The van der Waals surface area contributed by atoms with Gasteiger partial charge in [0.2, 0.25) is 5.91 Å². The fraction of sp³-hybridized carbons (Fsp3) is 0.308. The number of halogens is 1. The van der Waals surface area contributed by atoms with Crippen LogP contribution in [0.3, 0.4) is 0 Å². The highest BCUT2D eigenvalue weighted by molar-refractivity contribution is 6.30. The summed E-state index contributed by atoms with van der Waals surface area (Å²) < 4.78 is 0. The highest BCUT2D eigenvalue weighted by Crippen LogP contribution is 2.10. The number of rotatable bonds is 6. The topological polar surface area (TPSA) is 82.0 Å². The predicted molar refractivity (Wildman–Crippen MR) is 71.6 cm³/mol. The summed E-state index contributed by atoms with van der Waals surface area (Å²) in [5.41, 5.74) is 0.501. The van der Waals surface area contributed by atoms with E-state index in [1.165, 1.54) is 0 Å². The number of hydrogen-bond acceptors (Lipinski definition) is 3. The minimum absolute atomic E-state index is 0.144. The Morgan fingerprint density at radius 2 is 2.00 bits per heavy atom. The molecule has 100 valence electrons. The molecule has 0 spiro atoms. The van der Waals surface area contributed by atoms with E-state index in [0.717, 1.165) is 0 Å². The van der Waals surface area contributed by atoms with E-state index >= 15 is 0 Å². The van der Waals surface area contributed by atoms with Crippen molar-refractivity contribution in [3.8, 4) is 6.07 Å². The van der Waals surface area contributed by atoms with Gasteiger partial charge in [0.05, 0.1) is 6.07 Å². The van der Waals surface area contributed by atoms with Crippen LogP contribution in [0.4, 0.5) is 0 Å². The van der Waals surface area contributed by atoms with Crippen molar-refractivity contribution < 1.29 is 9.59 Å². The third-order valence-electron chi connectivity index (χ3n) is 2.29. The maximum atomic E-state index is 11.7. The van der Waals surface area contributed by atoms with Gasteiger partial charge in [0.25, 0.3) is 5.91 Å². The number of amides is 2. The second-order valence-electron chi connectivity index (χ2n) is 3.80. The molecule has 2 N–H and O–H groups in total. The summed E-state index contributed by atoms with van der Waals surface area (Å²) in [6.45, 7) is 0.870. The van der Waals surface area contributed by atoms with Crippen LogP contribution in [-0.4, -0.2) is 24.9 Å². The maximum Gasteiger partial charge on any atom is 0.251 e. The summed E-state index contributed by atoms with van der Waals surface area (Å²) in [4.78, 5) is 22.7. The lowest BCUT2D eigenvalue weighted by Gasteiger charge is -2.06. The second kappa shape index (κ2) is 8.11. The van der Waals surface area contributed by atoms with Gasteiger partial charge in [-0.15, -0.1) is 0 Å². The van der Waals surface area contributed by atoms with Gasteiger partial charge in [-0.2, -0.15) is 5.26 Å². The lowest BCUT2D eigenvalue weighted by atomic mass is 10.2. The van der Waals surface area contributed by atoms with Crippen molar-refractivity contribution in [3.05, 3.63) is 34.9 Å². The molecule has 1 aromatic rings. The Morgan fingerprint density at radius 3 is 2.68 bits per heavy atom. The van der Waals surface area contributed by atoms with Crippen LogP contribution < -0.4 is 10.6 Å². The van der Waals surface area contributed by atoms with E-state index in [1.54, 1.807) is 30.3 Å². The Morgan fingerprint density at radius 1 is 1.26 bits per heavy atom. The molecular weight excluding hydrogens is 266 g/mol. The number of carbonyl (C=O) groups is 2. The molecule has 5 nitrogen and oxygen atoms in total. The molecule has 1 rings (SSSR count). The molecule has 0 aliphatic carbocycles. The normalized spacial score (nSPS) is 9.47. The zero-order valence-corrected chi connectivity index (χ0v) is 11.0. The summed E-state index contributed by atoms with van der Waals surface area (Å²) in [7, 11) is 0. The Bertz CT molecular complexity index is 497. The Labute approximate surface area is 116 Å². The van der Waals surface area contributed by atoms with Crippen molar-refractivity contribution in [2.45, 2.75) is 12.8 Å². The highest BCUT2D eigenvalue weighted by atomic mass is 35.5. The molecule has 0 bridgehead atoms. The van der Waals surface area contributed by atoms with Gasteiger partial charge in [-0.05, 0) is 24.6 Å². The molecule has 0 atom stereocenters. The van der Waals surface area contributed by atoms with Gasteiger partial charge < -0.3 is 10.6 Å².